The molecule has 20 heavy (non-hydrogen) atoms. The molecule has 2 aromatic rings. The third-order valence-electron chi connectivity index (χ3n) is 3.69. The molecule has 1 atom stereocenters. The summed E-state index contributed by atoms with van der Waals surface area (Å²) in [7, 11) is 1.68. The van der Waals surface area contributed by atoms with Crippen LogP contribution in [0.15, 0.2) is 48.5 Å². The van der Waals surface area contributed by atoms with Crippen molar-refractivity contribution in [1.29, 1.82) is 0 Å². The van der Waals surface area contributed by atoms with Gasteiger partial charge >= 0.3 is 5.97 Å². The number of hydrogen-bond donors (Lipinski definition) is 2. The predicted molar refractivity (Wildman–Crippen MR) is 79.8 cm³/mol. The van der Waals surface area contributed by atoms with Gasteiger partial charge in [-0.15, -0.1) is 0 Å². The van der Waals surface area contributed by atoms with Crippen LogP contribution in [0.3, 0.4) is 0 Å². The van der Waals surface area contributed by atoms with Crippen molar-refractivity contribution in [1.82, 2.24) is 5.32 Å². The summed E-state index contributed by atoms with van der Waals surface area (Å²) in [6.07, 6.45) is 0. The molecule has 0 aliphatic heterocycles. The van der Waals surface area contributed by atoms with Gasteiger partial charge < -0.3 is 5.11 Å². The van der Waals surface area contributed by atoms with Gasteiger partial charge in [-0.2, -0.15) is 0 Å². The van der Waals surface area contributed by atoms with Crippen LogP contribution >= 0.6 is 0 Å². The van der Waals surface area contributed by atoms with Gasteiger partial charge in [-0.3, -0.25) is 5.32 Å². The maximum Gasteiger partial charge on any atom is 0.333 e. The summed E-state index contributed by atoms with van der Waals surface area (Å²) in [6, 6.07) is 15.1. The zero-order valence-corrected chi connectivity index (χ0v) is 12.0. The number of carboxylic acid groups (broad SMARTS) is 1. The highest BCUT2D eigenvalue weighted by atomic mass is 16.4. The maximum atomic E-state index is 12.0. The van der Waals surface area contributed by atoms with E-state index in [0.717, 1.165) is 22.3 Å². The molecule has 0 saturated carbocycles. The van der Waals surface area contributed by atoms with E-state index in [0.29, 0.717) is 0 Å². The molecule has 104 valence electrons. The number of nitrogens with one attached hydrogen (secondary N) is 1. The monoisotopic (exact) mass is 269 g/mol. The molecule has 0 bridgehead atoms. The molecule has 0 amide bonds. The number of likely N-dealkylation sites (N-methyl/N-ethyl adjacent to an activating group) is 1. The second-order valence-corrected chi connectivity index (χ2v) is 4.99. The Hall–Kier alpha value is -2.13. The second-order valence-electron chi connectivity index (χ2n) is 4.99. The van der Waals surface area contributed by atoms with Crippen molar-refractivity contribution in [3.8, 4) is 0 Å². The smallest absolute Gasteiger partial charge is 0.333 e. The number of benzene rings is 2. The highest BCUT2D eigenvalue weighted by molar-refractivity contribution is 5.86. The van der Waals surface area contributed by atoms with Crippen molar-refractivity contribution in [2.24, 2.45) is 0 Å². The molecule has 0 spiro atoms. The first-order chi connectivity index (χ1) is 9.52. The van der Waals surface area contributed by atoms with Crippen LogP contribution in [0.1, 0.15) is 22.3 Å². The molecule has 0 aliphatic rings. The Morgan fingerprint density at radius 3 is 2.25 bits per heavy atom. The van der Waals surface area contributed by atoms with E-state index < -0.39 is 11.5 Å². The molecule has 0 fully saturated rings. The minimum Gasteiger partial charge on any atom is -0.479 e. The van der Waals surface area contributed by atoms with Crippen molar-refractivity contribution in [3.05, 3.63) is 70.8 Å². The fourth-order valence-corrected chi connectivity index (χ4v) is 2.70. The van der Waals surface area contributed by atoms with E-state index in [1.54, 1.807) is 7.05 Å². The molecular formula is C17H19NO2. The van der Waals surface area contributed by atoms with Crippen LogP contribution in [0.4, 0.5) is 0 Å². The summed E-state index contributed by atoms with van der Waals surface area (Å²) in [4.78, 5) is 12.0. The largest absolute Gasteiger partial charge is 0.479 e. The van der Waals surface area contributed by atoms with E-state index in [4.69, 9.17) is 0 Å². The lowest BCUT2D eigenvalue weighted by molar-refractivity contribution is -0.143. The van der Waals surface area contributed by atoms with Crippen LogP contribution in [0.5, 0.6) is 0 Å². The number of carboxylic acids is 1. The zero-order chi connectivity index (χ0) is 14.8. The van der Waals surface area contributed by atoms with Gasteiger partial charge in [0, 0.05) is 0 Å². The highest BCUT2D eigenvalue weighted by Gasteiger charge is 2.41. The molecule has 2 N–H and O–H groups in total. The van der Waals surface area contributed by atoms with Crippen molar-refractivity contribution in [2.45, 2.75) is 19.4 Å². The lowest BCUT2D eigenvalue weighted by Gasteiger charge is -2.31. The summed E-state index contributed by atoms with van der Waals surface area (Å²) in [5.41, 5.74) is 2.35. The lowest BCUT2D eigenvalue weighted by atomic mass is 9.80. The quantitative estimate of drug-likeness (QED) is 0.897. The zero-order valence-electron chi connectivity index (χ0n) is 12.0. The molecule has 0 heterocycles. The van der Waals surface area contributed by atoms with Crippen LogP contribution in [-0.4, -0.2) is 18.1 Å². The van der Waals surface area contributed by atoms with Crippen molar-refractivity contribution in [2.75, 3.05) is 7.05 Å². The number of carbonyl (C=O) groups is 1. The molecule has 0 aromatic heterocycles. The molecule has 1 unspecified atom stereocenters. The molecule has 2 aromatic carbocycles. The van der Waals surface area contributed by atoms with E-state index in [2.05, 4.69) is 5.32 Å². The first-order valence-electron chi connectivity index (χ1n) is 6.58. The predicted octanol–water partition coefficient (Wildman–Crippen LogP) is 2.85. The SMILES string of the molecule is CNC(C(=O)O)(c1ccccc1)c1ccc(C)cc1C. The Morgan fingerprint density at radius 2 is 1.75 bits per heavy atom. The maximum absolute atomic E-state index is 12.0. The Kier molecular flexibility index (Phi) is 3.91. The summed E-state index contributed by atoms with van der Waals surface area (Å²) in [6.45, 7) is 3.95. The molecular weight excluding hydrogens is 250 g/mol. The van der Waals surface area contributed by atoms with Gasteiger partial charge in [-0.1, -0.05) is 54.1 Å². The third kappa shape index (κ3) is 2.21. The van der Waals surface area contributed by atoms with E-state index in [1.165, 1.54) is 0 Å². The first-order valence-corrected chi connectivity index (χ1v) is 6.58. The Balaban J connectivity index is 2.73. The van der Waals surface area contributed by atoms with Crippen LogP contribution in [0, 0.1) is 13.8 Å². The number of aryl methyl sites for hydroxylation is 2. The van der Waals surface area contributed by atoms with Gasteiger partial charge in [-0.05, 0) is 37.6 Å². The summed E-state index contributed by atoms with van der Waals surface area (Å²) < 4.78 is 0. The second kappa shape index (κ2) is 5.47. The summed E-state index contributed by atoms with van der Waals surface area (Å²) in [5, 5.41) is 12.9. The molecule has 2 rings (SSSR count). The Bertz CT molecular complexity index is 622. The topological polar surface area (TPSA) is 49.3 Å². The molecule has 3 nitrogen and oxygen atoms in total. The first kappa shape index (κ1) is 14.3. The Morgan fingerprint density at radius 1 is 1.10 bits per heavy atom. The molecule has 0 radical (unpaired) electrons. The van der Waals surface area contributed by atoms with Gasteiger partial charge in [0.2, 0.25) is 0 Å². The third-order valence-corrected chi connectivity index (χ3v) is 3.69. The van der Waals surface area contributed by atoms with E-state index in [-0.39, 0.29) is 0 Å². The molecule has 3 heteroatoms. The minimum atomic E-state index is -1.22. The van der Waals surface area contributed by atoms with Crippen LogP contribution in [0.25, 0.3) is 0 Å². The number of rotatable bonds is 4. The lowest BCUT2D eigenvalue weighted by Crippen LogP contribution is -2.48. The van der Waals surface area contributed by atoms with Crippen LogP contribution in [0.2, 0.25) is 0 Å². The molecule has 0 aliphatic carbocycles. The number of aliphatic carboxylic acids is 1. The summed E-state index contributed by atoms with van der Waals surface area (Å²) in [5.74, 6) is -0.904. The summed E-state index contributed by atoms with van der Waals surface area (Å²) >= 11 is 0. The molecule has 0 saturated heterocycles. The minimum absolute atomic E-state index is 0.724. The Labute approximate surface area is 119 Å². The fraction of sp³-hybridized carbons (Fsp3) is 0.235. The van der Waals surface area contributed by atoms with Gasteiger partial charge in [0.25, 0.3) is 0 Å². The van der Waals surface area contributed by atoms with Crippen molar-refractivity contribution >= 4 is 5.97 Å². The average Bonchev–Trinajstić information content (AvgIpc) is 2.43. The van der Waals surface area contributed by atoms with E-state index >= 15 is 0 Å². The van der Waals surface area contributed by atoms with Crippen molar-refractivity contribution in [3.63, 3.8) is 0 Å². The van der Waals surface area contributed by atoms with Crippen molar-refractivity contribution < 1.29 is 9.90 Å². The van der Waals surface area contributed by atoms with Crippen LogP contribution in [-0.2, 0) is 10.3 Å². The van der Waals surface area contributed by atoms with Crippen LogP contribution < -0.4 is 5.32 Å². The van der Waals surface area contributed by atoms with Gasteiger partial charge in [0.1, 0.15) is 0 Å². The van der Waals surface area contributed by atoms with Gasteiger partial charge in [0.05, 0.1) is 0 Å². The van der Waals surface area contributed by atoms with Gasteiger partial charge in [0.15, 0.2) is 5.54 Å². The fourth-order valence-electron chi connectivity index (χ4n) is 2.70. The average molecular weight is 269 g/mol. The van der Waals surface area contributed by atoms with E-state index in [1.807, 2.05) is 62.4 Å². The normalized spacial score (nSPS) is 13.8. The van der Waals surface area contributed by atoms with Gasteiger partial charge in [-0.25, -0.2) is 4.79 Å². The highest BCUT2D eigenvalue weighted by Crippen LogP contribution is 2.32. The van der Waals surface area contributed by atoms with E-state index in [9.17, 15) is 9.90 Å². The standard InChI is InChI=1S/C17H19NO2/c1-12-9-10-15(13(2)11-12)17(18-3,16(19)20)14-7-5-4-6-8-14/h4-11,18H,1-3H3,(H,19,20). The number of hydrogen-bond acceptors (Lipinski definition) is 2.